The molecule has 0 fully saturated rings. The molecule has 4 rings (SSSR count). The summed E-state index contributed by atoms with van der Waals surface area (Å²) >= 11 is 3.39. The molecular weight excluding hydrogens is 478 g/mol. The van der Waals surface area contributed by atoms with E-state index in [9.17, 15) is 4.79 Å². The number of cyclic esters (lactones) is 1. The lowest BCUT2D eigenvalue weighted by Gasteiger charge is -2.13. The Labute approximate surface area is 193 Å². The Morgan fingerprint density at radius 3 is 2.56 bits per heavy atom. The fraction of sp³-hybridized carbons (Fsp3) is 0.167. The Morgan fingerprint density at radius 2 is 1.81 bits per heavy atom. The Kier molecular flexibility index (Phi) is 6.91. The maximum Gasteiger partial charge on any atom is 0.363 e. The highest BCUT2D eigenvalue weighted by Gasteiger charge is 2.25. The van der Waals surface area contributed by atoms with Gasteiger partial charge in [0.25, 0.3) is 5.90 Å². The summed E-state index contributed by atoms with van der Waals surface area (Å²) in [4.78, 5) is 16.4. The third kappa shape index (κ3) is 5.39. The Balaban J connectivity index is 1.42. The number of carbonyl (C=O) groups is 1. The van der Waals surface area contributed by atoms with E-state index in [1.165, 1.54) is 6.26 Å². The van der Waals surface area contributed by atoms with Gasteiger partial charge in [-0.05, 0) is 67.1 Å². The summed E-state index contributed by atoms with van der Waals surface area (Å²) in [5, 5.41) is 0. The lowest BCUT2D eigenvalue weighted by Crippen LogP contribution is -2.10. The van der Waals surface area contributed by atoms with E-state index in [2.05, 4.69) is 20.9 Å². The van der Waals surface area contributed by atoms with Gasteiger partial charge in [-0.3, -0.25) is 0 Å². The maximum absolute atomic E-state index is 12.2. The molecule has 8 heteroatoms. The molecule has 0 radical (unpaired) electrons. The van der Waals surface area contributed by atoms with Crippen LogP contribution in [0.15, 0.2) is 80.4 Å². The molecule has 2 aromatic carbocycles. The number of hydrogen-bond acceptors (Lipinski definition) is 7. The molecule has 0 aliphatic carbocycles. The van der Waals surface area contributed by atoms with Gasteiger partial charge < -0.3 is 23.4 Å². The van der Waals surface area contributed by atoms with Crippen LogP contribution in [-0.2, 0) is 9.53 Å². The van der Waals surface area contributed by atoms with E-state index in [1.54, 1.807) is 30.3 Å². The van der Waals surface area contributed by atoms with Crippen molar-refractivity contribution in [1.82, 2.24) is 0 Å². The smallest absolute Gasteiger partial charge is 0.363 e. The number of ether oxygens (including phenoxy) is 4. The van der Waals surface area contributed by atoms with Crippen LogP contribution in [0.25, 0.3) is 6.08 Å². The molecule has 0 N–H and O–H groups in total. The number of hydrogen-bond donors (Lipinski definition) is 0. The molecule has 0 spiro atoms. The normalized spacial score (nSPS) is 14.2. The minimum atomic E-state index is -0.542. The number of carbonyl (C=O) groups excluding carboxylic acids is 1. The summed E-state index contributed by atoms with van der Waals surface area (Å²) in [5.41, 5.74) is 0.902. The van der Waals surface area contributed by atoms with E-state index >= 15 is 0 Å². The van der Waals surface area contributed by atoms with Gasteiger partial charge in [-0.15, -0.1) is 0 Å². The van der Waals surface area contributed by atoms with Crippen molar-refractivity contribution in [3.8, 4) is 17.2 Å². The van der Waals surface area contributed by atoms with Gasteiger partial charge in [0.1, 0.15) is 19.0 Å². The van der Waals surface area contributed by atoms with Crippen LogP contribution < -0.4 is 14.2 Å². The van der Waals surface area contributed by atoms with E-state index in [4.69, 9.17) is 23.4 Å². The summed E-state index contributed by atoms with van der Waals surface area (Å²) < 4.78 is 28.6. The van der Waals surface area contributed by atoms with Crippen molar-refractivity contribution in [2.24, 2.45) is 4.99 Å². The molecule has 2 heterocycles. The third-order valence-corrected chi connectivity index (χ3v) is 4.88. The molecule has 0 atom stereocenters. The van der Waals surface area contributed by atoms with Gasteiger partial charge in [-0.1, -0.05) is 22.0 Å². The van der Waals surface area contributed by atoms with E-state index in [1.807, 2.05) is 37.3 Å². The predicted molar refractivity (Wildman–Crippen MR) is 122 cm³/mol. The Hall–Kier alpha value is -3.52. The van der Waals surface area contributed by atoms with Crippen molar-refractivity contribution < 1.29 is 28.2 Å². The van der Waals surface area contributed by atoms with Crippen molar-refractivity contribution in [2.75, 3.05) is 19.8 Å². The molecule has 1 aliphatic heterocycles. The number of halogens is 1. The van der Waals surface area contributed by atoms with Crippen LogP contribution in [0.1, 0.15) is 18.2 Å². The zero-order valence-electron chi connectivity index (χ0n) is 17.2. The molecular formula is C24H20BrNO6. The SMILES string of the molecule is CCOc1cc(C=C2N=C(c3ccco3)OC2=O)ccc1OCCOc1ccc(Br)cc1. The maximum atomic E-state index is 12.2. The summed E-state index contributed by atoms with van der Waals surface area (Å²) in [5.74, 6) is 1.91. The first-order valence-electron chi connectivity index (χ1n) is 9.97. The third-order valence-electron chi connectivity index (χ3n) is 4.35. The summed E-state index contributed by atoms with van der Waals surface area (Å²) in [6.45, 7) is 3.09. The van der Waals surface area contributed by atoms with Crippen LogP contribution in [-0.4, -0.2) is 31.7 Å². The minimum Gasteiger partial charge on any atom is -0.490 e. The topological polar surface area (TPSA) is 79.5 Å². The van der Waals surface area contributed by atoms with Crippen molar-refractivity contribution in [1.29, 1.82) is 0 Å². The highest BCUT2D eigenvalue weighted by molar-refractivity contribution is 9.10. The van der Waals surface area contributed by atoms with E-state index in [0.29, 0.717) is 37.1 Å². The quantitative estimate of drug-likeness (QED) is 0.228. The molecule has 1 aromatic heterocycles. The van der Waals surface area contributed by atoms with Crippen molar-refractivity contribution in [3.05, 3.63) is 82.4 Å². The predicted octanol–water partition coefficient (Wildman–Crippen LogP) is 5.24. The van der Waals surface area contributed by atoms with Crippen LogP contribution in [0.4, 0.5) is 0 Å². The fourth-order valence-electron chi connectivity index (χ4n) is 2.92. The number of nitrogens with zero attached hydrogens (tertiary/aromatic N) is 1. The minimum absolute atomic E-state index is 0.141. The fourth-order valence-corrected chi connectivity index (χ4v) is 3.18. The lowest BCUT2D eigenvalue weighted by molar-refractivity contribution is -0.130. The molecule has 0 amide bonds. The molecule has 32 heavy (non-hydrogen) atoms. The number of rotatable bonds is 9. The lowest BCUT2D eigenvalue weighted by atomic mass is 10.1. The number of esters is 1. The van der Waals surface area contributed by atoms with E-state index in [0.717, 1.165) is 15.8 Å². The second-order valence-electron chi connectivity index (χ2n) is 6.60. The highest BCUT2D eigenvalue weighted by Crippen LogP contribution is 2.30. The molecule has 0 unspecified atom stereocenters. The summed E-state index contributed by atoms with van der Waals surface area (Å²) in [6, 6.07) is 16.4. The monoisotopic (exact) mass is 497 g/mol. The average Bonchev–Trinajstić information content (AvgIpc) is 3.44. The van der Waals surface area contributed by atoms with Crippen molar-refractivity contribution in [3.63, 3.8) is 0 Å². The zero-order valence-corrected chi connectivity index (χ0v) is 18.8. The van der Waals surface area contributed by atoms with Gasteiger partial charge in [0.05, 0.1) is 12.9 Å². The van der Waals surface area contributed by atoms with Crippen molar-refractivity contribution >= 4 is 33.9 Å². The van der Waals surface area contributed by atoms with Crippen LogP contribution in [0.2, 0.25) is 0 Å². The first kappa shape index (κ1) is 21.7. The summed E-state index contributed by atoms with van der Waals surface area (Å²) in [7, 11) is 0. The average molecular weight is 498 g/mol. The van der Waals surface area contributed by atoms with Crippen LogP contribution in [0.3, 0.4) is 0 Å². The first-order chi connectivity index (χ1) is 15.6. The van der Waals surface area contributed by atoms with Crippen LogP contribution >= 0.6 is 15.9 Å². The van der Waals surface area contributed by atoms with Gasteiger partial charge in [0.2, 0.25) is 0 Å². The van der Waals surface area contributed by atoms with Crippen LogP contribution in [0, 0.1) is 0 Å². The molecule has 0 bridgehead atoms. The second kappa shape index (κ2) is 10.2. The van der Waals surface area contributed by atoms with Gasteiger partial charge in [-0.25, -0.2) is 9.79 Å². The first-order valence-corrected chi connectivity index (χ1v) is 10.8. The largest absolute Gasteiger partial charge is 0.490 e. The molecule has 0 saturated heterocycles. The number of furan rings is 1. The van der Waals surface area contributed by atoms with Gasteiger partial charge in [-0.2, -0.15) is 0 Å². The Bertz CT molecular complexity index is 1140. The van der Waals surface area contributed by atoms with Crippen LogP contribution in [0.5, 0.6) is 17.2 Å². The van der Waals surface area contributed by atoms with Crippen molar-refractivity contribution in [2.45, 2.75) is 6.92 Å². The Morgan fingerprint density at radius 1 is 1.00 bits per heavy atom. The summed E-state index contributed by atoms with van der Waals surface area (Å²) in [6.07, 6.45) is 3.12. The molecule has 0 saturated carbocycles. The second-order valence-corrected chi connectivity index (χ2v) is 7.52. The molecule has 1 aliphatic rings. The highest BCUT2D eigenvalue weighted by atomic mass is 79.9. The molecule has 7 nitrogen and oxygen atoms in total. The van der Waals surface area contributed by atoms with E-state index in [-0.39, 0.29) is 11.6 Å². The van der Waals surface area contributed by atoms with Gasteiger partial charge in [0, 0.05) is 4.47 Å². The standard InChI is InChI=1S/C24H20BrNO6/c1-2-28-22-15-16(14-19-24(27)32-23(26-19)21-4-3-11-30-21)5-10-20(22)31-13-12-29-18-8-6-17(25)7-9-18/h3-11,14-15H,2,12-13H2,1H3. The number of aliphatic imine (C=N–C) groups is 1. The zero-order chi connectivity index (χ0) is 22.3. The molecule has 3 aromatic rings. The van der Waals surface area contributed by atoms with Gasteiger partial charge >= 0.3 is 5.97 Å². The number of benzene rings is 2. The van der Waals surface area contributed by atoms with Gasteiger partial charge in [0.15, 0.2) is 23.0 Å². The van der Waals surface area contributed by atoms with E-state index < -0.39 is 5.97 Å². The molecule has 164 valence electrons.